The number of tetrazole rings is 1. The molecule has 0 radical (unpaired) electrons. The Balaban J connectivity index is 1.08. The van der Waals surface area contributed by atoms with E-state index >= 15 is 0 Å². The van der Waals surface area contributed by atoms with Crippen LogP contribution in [0.25, 0.3) is 17.0 Å². The average Bonchev–Trinajstić information content (AvgIpc) is 3.49. The fraction of sp³-hybridized carbons (Fsp3) is 0.462. The van der Waals surface area contributed by atoms with Crippen LogP contribution in [0.3, 0.4) is 0 Å². The summed E-state index contributed by atoms with van der Waals surface area (Å²) in [4.78, 5) is 23.5. The Morgan fingerprint density at radius 1 is 1.03 bits per heavy atom. The summed E-state index contributed by atoms with van der Waals surface area (Å²) in [6.45, 7) is 1.15. The van der Waals surface area contributed by atoms with E-state index in [0.717, 1.165) is 41.2 Å². The lowest BCUT2D eigenvalue weighted by molar-refractivity contribution is -0.0503. The van der Waals surface area contributed by atoms with Crippen molar-refractivity contribution < 1.29 is 4.79 Å². The Bertz CT molecular complexity index is 1360. The molecule has 4 bridgehead atoms. The normalized spacial score (nSPS) is 26.9. The van der Waals surface area contributed by atoms with Gasteiger partial charge in [0.25, 0.3) is 5.91 Å². The third-order valence-electron chi connectivity index (χ3n) is 8.26. The monoisotopic (exact) mass is 468 g/mol. The van der Waals surface area contributed by atoms with Crippen LogP contribution in [0.5, 0.6) is 0 Å². The average molecular weight is 469 g/mol. The summed E-state index contributed by atoms with van der Waals surface area (Å²) >= 11 is 0. The summed E-state index contributed by atoms with van der Waals surface area (Å²) in [5.41, 5.74) is 3.28. The zero-order chi connectivity index (χ0) is 23.4. The number of hydrogen-bond donors (Lipinski definition) is 1. The van der Waals surface area contributed by atoms with E-state index in [2.05, 4.69) is 25.7 Å². The van der Waals surface area contributed by atoms with Crippen LogP contribution in [0.1, 0.15) is 54.7 Å². The van der Waals surface area contributed by atoms with Gasteiger partial charge in [-0.3, -0.25) is 14.2 Å². The maximum absolute atomic E-state index is 13.3. The topological polar surface area (TPSA) is 103 Å². The van der Waals surface area contributed by atoms with Crippen LogP contribution < -0.4 is 5.32 Å². The molecule has 1 N–H and O–H groups in total. The maximum atomic E-state index is 13.3. The summed E-state index contributed by atoms with van der Waals surface area (Å²) in [5, 5.41) is 16.1. The highest BCUT2D eigenvalue weighted by atomic mass is 16.1. The highest BCUT2D eigenvalue weighted by Crippen LogP contribution is 2.59. The van der Waals surface area contributed by atoms with Gasteiger partial charge in [-0.2, -0.15) is 4.80 Å². The standard InChI is InChI=1S/C26H28N8O/c35-25(28-16-26-11-17-8-18(12-26)10-19(9-17)13-26)22-2-1-3-23-29-21(14-33(22)23)15-34-31-24(30-32-34)20-4-6-27-7-5-20/h1-7,14,17-19H,8-13,15-16H2,(H,28,35). The minimum Gasteiger partial charge on any atom is -0.350 e. The van der Waals surface area contributed by atoms with Crippen molar-refractivity contribution in [1.82, 2.24) is 39.9 Å². The van der Waals surface area contributed by atoms with Crippen molar-refractivity contribution in [3.63, 3.8) is 0 Å². The van der Waals surface area contributed by atoms with Gasteiger partial charge in [0.05, 0.1) is 5.69 Å². The van der Waals surface area contributed by atoms with Gasteiger partial charge in [-0.25, -0.2) is 4.98 Å². The molecule has 0 unspecified atom stereocenters. The number of pyridine rings is 2. The van der Waals surface area contributed by atoms with Crippen LogP contribution in [0.4, 0.5) is 0 Å². The molecule has 35 heavy (non-hydrogen) atoms. The van der Waals surface area contributed by atoms with Crippen molar-refractivity contribution in [2.45, 2.75) is 45.1 Å². The first-order chi connectivity index (χ1) is 17.1. The molecule has 178 valence electrons. The minimum atomic E-state index is -0.0332. The molecule has 0 aromatic carbocycles. The van der Waals surface area contributed by atoms with Gasteiger partial charge >= 0.3 is 0 Å². The number of imidazole rings is 1. The van der Waals surface area contributed by atoms with Gasteiger partial charge in [0, 0.05) is 30.7 Å². The van der Waals surface area contributed by atoms with Crippen LogP contribution in [-0.2, 0) is 6.54 Å². The van der Waals surface area contributed by atoms with Crippen molar-refractivity contribution in [3.8, 4) is 11.4 Å². The number of nitrogens with zero attached hydrogens (tertiary/aromatic N) is 7. The molecular weight excluding hydrogens is 440 g/mol. The fourth-order valence-electron chi connectivity index (χ4n) is 7.26. The Labute approximate surface area is 203 Å². The third-order valence-corrected chi connectivity index (χ3v) is 8.26. The van der Waals surface area contributed by atoms with Gasteiger partial charge in [0.2, 0.25) is 5.82 Å². The van der Waals surface area contributed by atoms with Crippen LogP contribution in [0, 0.1) is 23.2 Å². The first kappa shape index (κ1) is 20.7. The summed E-state index contributed by atoms with van der Waals surface area (Å²) in [7, 11) is 0. The third kappa shape index (κ3) is 3.79. The molecule has 8 rings (SSSR count). The summed E-state index contributed by atoms with van der Waals surface area (Å²) < 4.78 is 1.87. The molecule has 4 aromatic rings. The van der Waals surface area contributed by atoms with Crippen LogP contribution >= 0.6 is 0 Å². The van der Waals surface area contributed by atoms with Gasteiger partial charge < -0.3 is 5.32 Å². The van der Waals surface area contributed by atoms with Crippen LogP contribution in [0.15, 0.2) is 48.9 Å². The summed E-state index contributed by atoms with van der Waals surface area (Å²) in [5.74, 6) is 3.14. The second-order valence-corrected chi connectivity index (χ2v) is 10.9. The largest absolute Gasteiger partial charge is 0.350 e. The lowest BCUT2D eigenvalue weighted by Crippen LogP contribution is -2.51. The number of nitrogens with one attached hydrogen (secondary N) is 1. The lowest BCUT2D eigenvalue weighted by Gasteiger charge is -2.56. The predicted molar refractivity (Wildman–Crippen MR) is 128 cm³/mol. The molecular formula is C26H28N8O. The quantitative estimate of drug-likeness (QED) is 0.465. The zero-order valence-corrected chi connectivity index (χ0v) is 19.5. The smallest absolute Gasteiger partial charge is 0.268 e. The van der Waals surface area contributed by atoms with Crippen molar-refractivity contribution in [2.24, 2.45) is 23.2 Å². The number of amides is 1. The Morgan fingerprint density at radius 2 is 1.77 bits per heavy atom. The number of carbonyl (C=O) groups excluding carboxylic acids is 1. The Hall–Kier alpha value is -3.62. The van der Waals surface area contributed by atoms with Crippen molar-refractivity contribution in [2.75, 3.05) is 6.54 Å². The van der Waals surface area contributed by atoms with E-state index in [1.54, 1.807) is 12.4 Å². The van der Waals surface area contributed by atoms with Gasteiger partial charge in [-0.05, 0) is 91.2 Å². The molecule has 4 aliphatic rings. The van der Waals surface area contributed by atoms with E-state index in [1.165, 1.54) is 43.3 Å². The lowest BCUT2D eigenvalue weighted by atomic mass is 9.49. The van der Waals surface area contributed by atoms with Crippen molar-refractivity contribution in [1.29, 1.82) is 0 Å². The van der Waals surface area contributed by atoms with Crippen LogP contribution in [-0.4, -0.2) is 47.0 Å². The van der Waals surface area contributed by atoms with E-state index < -0.39 is 0 Å². The molecule has 0 saturated heterocycles. The SMILES string of the molecule is O=C(NCC12CC3CC(CC(C3)C1)C2)c1cccc2nc(Cn3nnc(-c4ccncc4)n3)cn12. The highest BCUT2D eigenvalue weighted by molar-refractivity contribution is 5.93. The molecule has 9 heteroatoms. The molecule has 0 aliphatic heterocycles. The minimum absolute atomic E-state index is 0.0332. The predicted octanol–water partition coefficient (Wildman–Crippen LogP) is 3.38. The Morgan fingerprint density at radius 3 is 2.51 bits per heavy atom. The molecule has 4 heterocycles. The van der Waals surface area contributed by atoms with Gasteiger partial charge in [-0.1, -0.05) is 6.07 Å². The maximum Gasteiger partial charge on any atom is 0.268 e. The molecule has 0 spiro atoms. The van der Waals surface area contributed by atoms with Crippen LogP contribution in [0.2, 0.25) is 0 Å². The summed E-state index contributed by atoms with van der Waals surface area (Å²) in [6, 6.07) is 9.36. The molecule has 4 saturated carbocycles. The second-order valence-electron chi connectivity index (χ2n) is 10.9. The molecule has 0 atom stereocenters. The molecule has 9 nitrogen and oxygen atoms in total. The molecule has 4 aliphatic carbocycles. The van der Waals surface area contributed by atoms with Crippen molar-refractivity contribution >= 4 is 11.6 Å². The number of hydrogen-bond acceptors (Lipinski definition) is 6. The van der Waals surface area contributed by atoms with Crippen molar-refractivity contribution in [3.05, 3.63) is 60.3 Å². The molecule has 4 aromatic heterocycles. The zero-order valence-electron chi connectivity index (χ0n) is 19.5. The molecule has 1 amide bonds. The Kier molecular flexibility index (Phi) is 4.72. The number of carbonyl (C=O) groups is 1. The van der Waals surface area contributed by atoms with Gasteiger partial charge in [-0.15, -0.1) is 10.2 Å². The molecule has 4 fully saturated rings. The van der Waals surface area contributed by atoms with E-state index in [-0.39, 0.29) is 5.91 Å². The number of rotatable bonds is 6. The number of aromatic nitrogens is 7. The van der Waals surface area contributed by atoms with Gasteiger partial charge in [0.15, 0.2) is 0 Å². The van der Waals surface area contributed by atoms with E-state index in [1.807, 2.05) is 40.9 Å². The first-order valence-electron chi connectivity index (χ1n) is 12.6. The second kappa shape index (κ2) is 7.96. The van der Waals surface area contributed by atoms with Gasteiger partial charge in [0.1, 0.15) is 17.9 Å². The fourth-order valence-corrected chi connectivity index (χ4v) is 7.26. The first-order valence-corrected chi connectivity index (χ1v) is 12.6. The van der Waals surface area contributed by atoms with E-state index in [9.17, 15) is 4.79 Å². The number of fused-ring (bicyclic) bond motifs is 1. The van der Waals surface area contributed by atoms with E-state index in [4.69, 9.17) is 4.98 Å². The highest BCUT2D eigenvalue weighted by Gasteiger charge is 2.50. The summed E-state index contributed by atoms with van der Waals surface area (Å²) in [6.07, 6.45) is 13.4. The van der Waals surface area contributed by atoms with E-state index in [0.29, 0.717) is 23.5 Å².